The minimum atomic E-state index is -0.331. The van der Waals surface area contributed by atoms with Crippen LogP contribution in [-0.4, -0.2) is 0 Å². The fourth-order valence-corrected chi connectivity index (χ4v) is 6.29. The number of benzene rings is 3. The van der Waals surface area contributed by atoms with E-state index >= 15 is 0 Å². The Labute approximate surface area is 247 Å². The van der Waals surface area contributed by atoms with Crippen molar-refractivity contribution in [2.75, 3.05) is 0 Å². The molecule has 0 spiro atoms. The van der Waals surface area contributed by atoms with Crippen LogP contribution in [-0.2, 0) is 24.8 Å². The van der Waals surface area contributed by atoms with Gasteiger partial charge in [0.2, 0.25) is 0 Å². The van der Waals surface area contributed by atoms with Crippen molar-refractivity contribution in [3.8, 4) is 11.1 Å². The molecule has 0 amide bonds. The average Bonchev–Trinajstić information content (AvgIpc) is 2.95. The number of fused-ring (bicyclic) bond motifs is 1. The molecule has 0 unspecified atom stereocenters. The molecule has 0 fully saturated rings. The largest absolute Gasteiger partial charge is 0.322 e. The first-order valence-electron chi connectivity index (χ1n) is 16.9. The van der Waals surface area contributed by atoms with Crippen LogP contribution in [0.25, 0.3) is 21.9 Å². The van der Waals surface area contributed by atoms with Crippen molar-refractivity contribution in [1.29, 1.82) is 0 Å². The van der Waals surface area contributed by atoms with Gasteiger partial charge in [0.25, 0.3) is 0 Å². The number of hydrogen-bond donors (Lipinski definition) is 1. The van der Waals surface area contributed by atoms with Crippen molar-refractivity contribution >= 4 is 10.8 Å². The molecule has 0 aromatic heterocycles. The van der Waals surface area contributed by atoms with Gasteiger partial charge in [-0.05, 0) is 90.1 Å². The van der Waals surface area contributed by atoms with Gasteiger partial charge in [0.1, 0.15) is 0 Å². The van der Waals surface area contributed by atoms with E-state index in [4.69, 9.17) is 5.73 Å². The first-order valence-corrected chi connectivity index (χ1v) is 16.9. The van der Waals surface area contributed by atoms with Gasteiger partial charge in [0.15, 0.2) is 0 Å². The van der Waals surface area contributed by atoms with Crippen molar-refractivity contribution in [3.05, 3.63) is 70.8 Å². The lowest BCUT2D eigenvalue weighted by atomic mass is 9.83. The topological polar surface area (TPSA) is 26.0 Å². The maximum atomic E-state index is 6.62. The van der Waals surface area contributed by atoms with E-state index in [1.807, 2.05) is 0 Å². The zero-order valence-electron chi connectivity index (χ0n) is 26.7. The summed E-state index contributed by atoms with van der Waals surface area (Å²) >= 11 is 0. The van der Waals surface area contributed by atoms with Crippen LogP contribution < -0.4 is 5.73 Å². The predicted octanol–water partition coefficient (Wildman–Crippen LogP) is 11.8. The van der Waals surface area contributed by atoms with E-state index in [0.717, 1.165) is 19.3 Å². The molecular weight excluding hydrogens is 482 g/mol. The van der Waals surface area contributed by atoms with Gasteiger partial charge in [-0.2, -0.15) is 0 Å². The number of rotatable bonds is 19. The molecule has 40 heavy (non-hydrogen) atoms. The summed E-state index contributed by atoms with van der Waals surface area (Å²) in [7, 11) is 0. The van der Waals surface area contributed by atoms with Gasteiger partial charge < -0.3 is 5.73 Å². The Morgan fingerprint density at radius 2 is 1.12 bits per heavy atom. The first-order chi connectivity index (χ1) is 19.4. The van der Waals surface area contributed by atoms with E-state index in [-0.39, 0.29) is 5.54 Å². The number of unbranched alkanes of at least 4 members (excludes halogenated alkanes) is 12. The Kier molecular flexibility index (Phi) is 13.8. The van der Waals surface area contributed by atoms with E-state index in [9.17, 15) is 0 Å². The van der Waals surface area contributed by atoms with E-state index in [1.165, 1.54) is 134 Å². The predicted molar refractivity (Wildman–Crippen MR) is 179 cm³/mol. The van der Waals surface area contributed by atoms with E-state index < -0.39 is 0 Å². The molecule has 0 heterocycles. The van der Waals surface area contributed by atoms with Crippen LogP contribution in [0.5, 0.6) is 0 Å². The second-order valence-corrected chi connectivity index (χ2v) is 12.8. The van der Waals surface area contributed by atoms with E-state index in [1.54, 1.807) is 0 Å². The van der Waals surface area contributed by atoms with Crippen LogP contribution >= 0.6 is 0 Å². The molecular formula is C39H59N. The summed E-state index contributed by atoms with van der Waals surface area (Å²) in [6.07, 6.45) is 22.2. The molecule has 3 aromatic rings. The minimum Gasteiger partial charge on any atom is -0.322 e. The summed E-state index contributed by atoms with van der Waals surface area (Å²) in [6, 6.07) is 18.9. The Hall–Kier alpha value is -2.12. The highest BCUT2D eigenvalue weighted by Gasteiger charge is 2.19. The number of aryl methyl sites for hydroxylation is 3. The third-order valence-electron chi connectivity index (χ3n) is 8.84. The molecule has 0 radical (unpaired) electrons. The van der Waals surface area contributed by atoms with E-state index in [0.29, 0.717) is 0 Å². The molecule has 0 aliphatic carbocycles. The monoisotopic (exact) mass is 541 g/mol. The van der Waals surface area contributed by atoms with Gasteiger partial charge >= 0.3 is 0 Å². The quantitative estimate of drug-likeness (QED) is 0.150. The minimum absolute atomic E-state index is 0.331. The van der Waals surface area contributed by atoms with Gasteiger partial charge in [0, 0.05) is 5.54 Å². The van der Waals surface area contributed by atoms with Crippen LogP contribution in [0.3, 0.4) is 0 Å². The molecule has 0 bridgehead atoms. The summed E-state index contributed by atoms with van der Waals surface area (Å²) in [5.41, 5.74) is 14.9. The molecule has 0 saturated carbocycles. The van der Waals surface area contributed by atoms with Crippen LogP contribution in [0.4, 0.5) is 0 Å². The lowest BCUT2D eigenvalue weighted by molar-refractivity contribution is 0.553. The molecule has 1 heteroatoms. The number of hydrogen-bond acceptors (Lipinski definition) is 1. The Balaban J connectivity index is 1.95. The van der Waals surface area contributed by atoms with Crippen molar-refractivity contribution < 1.29 is 0 Å². The molecule has 0 aliphatic rings. The maximum Gasteiger partial charge on any atom is 0.0352 e. The molecule has 0 atom stereocenters. The van der Waals surface area contributed by atoms with Crippen molar-refractivity contribution in [1.82, 2.24) is 0 Å². The average molecular weight is 542 g/mol. The fraction of sp³-hybridized carbons (Fsp3) is 0.590. The van der Waals surface area contributed by atoms with Gasteiger partial charge in [-0.1, -0.05) is 146 Å². The summed E-state index contributed by atoms with van der Waals surface area (Å²) in [4.78, 5) is 0. The highest BCUT2D eigenvalue weighted by molar-refractivity contribution is 6.00. The fourth-order valence-electron chi connectivity index (χ4n) is 6.29. The van der Waals surface area contributed by atoms with Crippen LogP contribution in [0.1, 0.15) is 147 Å². The highest BCUT2D eigenvalue weighted by atomic mass is 14.7. The molecule has 0 saturated heterocycles. The van der Waals surface area contributed by atoms with Gasteiger partial charge in [-0.25, -0.2) is 0 Å². The Bertz CT molecular complexity index is 1150. The van der Waals surface area contributed by atoms with Crippen molar-refractivity contribution in [2.24, 2.45) is 5.73 Å². The third kappa shape index (κ3) is 9.47. The Morgan fingerprint density at radius 1 is 0.550 bits per heavy atom. The summed E-state index contributed by atoms with van der Waals surface area (Å²) in [5, 5.41) is 2.86. The molecule has 0 aliphatic heterocycles. The molecule has 3 rings (SSSR count). The standard InChI is InChI=1S/C39H59N/c1-6-9-11-13-15-17-19-22-32-26-28-35-31(8-3)24-21-25-37(35)38(32)36-29-27-34(39(4,5)40)30-33(36)23-20-18-16-14-12-10-7-2/h21,24-30H,6-20,22-23,40H2,1-5H3. The molecule has 3 aromatic carbocycles. The van der Waals surface area contributed by atoms with Gasteiger partial charge in [-0.3, -0.25) is 0 Å². The van der Waals surface area contributed by atoms with Crippen molar-refractivity contribution in [3.63, 3.8) is 0 Å². The van der Waals surface area contributed by atoms with E-state index in [2.05, 4.69) is 83.1 Å². The zero-order chi connectivity index (χ0) is 28.8. The molecule has 220 valence electrons. The highest BCUT2D eigenvalue weighted by Crippen LogP contribution is 2.38. The first kappa shape index (κ1) is 32.4. The smallest absolute Gasteiger partial charge is 0.0352 e. The number of nitrogens with two attached hydrogens (primary N) is 1. The lowest BCUT2D eigenvalue weighted by Gasteiger charge is -2.23. The van der Waals surface area contributed by atoms with Crippen LogP contribution in [0.15, 0.2) is 48.5 Å². The summed E-state index contributed by atoms with van der Waals surface area (Å²) in [5.74, 6) is 0. The van der Waals surface area contributed by atoms with Crippen LogP contribution in [0, 0.1) is 0 Å². The SMILES string of the molecule is CCCCCCCCCc1cc(C(C)(C)N)ccc1-c1c(CCCCCCCCC)ccc2c(CC)cccc12. The third-order valence-corrected chi connectivity index (χ3v) is 8.84. The van der Waals surface area contributed by atoms with Crippen LogP contribution in [0.2, 0.25) is 0 Å². The summed E-state index contributed by atoms with van der Waals surface area (Å²) < 4.78 is 0. The van der Waals surface area contributed by atoms with Gasteiger partial charge in [0.05, 0.1) is 0 Å². The molecule has 1 nitrogen and oxygen atoms in total. The second-order valence-electron chi connectivity index (χ2n) is 12.8. The van der Waals surface area contributed by atoms with Crippen molar-refractivity contribution in [2.45, 2.75) is 149 Å². The second kappa shape index (κ2) is 17.0. The summed E-state index contributed by atoms with van der Waals surface area (Å²) in [6.45, 7) is 11.2. The Morgan fingerprint density at radius 3 is 1.70 bits per heavy atom. The molecule has 2 N–H and O–H groups in total. The lowest BCUT2D eigenvalue weighted by Crippen LogP contribution is -2.28. The zero-order valence-corrected chi connectivity index (χ0v) is 26.7. The van der Waals surface area contributed by atoms with Gasteiger partial charge in [-0.15, -0.1) is 0 Å². The maximum absolute atomic E-state index is 6.62. The normalized spacial score (nSPS) is 11.9.